The minimum Gasteiger partial charge on any atom is -0.496 e. The van der Waals surface area contributed by atoms with E-state index in [2.05, 4.69) is 15.9 Å². The van der Waals surface area contributed by atoms with Crippen molar-refractivity contribution in [1.82, 2.24) is 9.80 Å². The molecule has 3 rings (SSSR count). The van der Waals surface area contributed by atoms with Crippen molar-refractivity contribution in [2.24, 2.45) is 0 Å². The van der Waals surface area contributed by atoms with Gasteiger partial charge in [0.25, 0.3) is 0 Å². The van der Waals surface area contributed by atoms with E-state index in [1.807, 2.05) is 12.1 Å². The van der Waals surface area contributed by atoms with Gasteiger partial charge in [0.2, 0.25) is 0 Å². The molecule has 0 aliphatic carbocycles. The van der Waals surface area contributed by atoms with E-state index < -0.39 is 0 Å². The van der Waals surface area contributed by atoms with Crippen LogP contribution in [-0.4, -0.2) is 62.3 Å². The van der Waals surface area contributed by atoms with Crippen LogP contribution in [-0.2, 0) is 11.3 Å². The van der Waals surface area contributed by atoms with Crippen molar-refractivity contribution >= 4 is 5.69 Å². The Morgan fingerprint density at radius 3 is 2.86 bits per heavy atom. The Hall–Kier alpha value is -1.30. The number of likely N-dealkylation sites (tertiary alicyclic amines) is 1. The second kappa shape index (κ2) is 6.64. The lowest BCUT2D eigenvalue weighted by molar-refractivity contribution is 0.0183. The van der Waals surface area contributed by atoms with E-state index in [-0.39, 0.29) is 0 Å². The van der Waals surface area contributed by atoms with Crippen LogP contribution in [0.25, 0.3) is 0 Å². The minimum absolute atomic E-state index is 0.675. The molecule has 1 aromatic carbocycles. The van der Waals surface area contributed by atoms with Gasteiger partial charge in [-0.2, -0.15) is 0 Å². The number of ether oxygens (including phenoxy) is 2. The molecule has 2 aliphatic rings. The van der Waals surface area contributed by atoms with Crippen LogP contribution in [0.3, 0.4) is 0 Å². The third kappa shape index (κ3) is 3.48. The monoisotopic (exact) mass is 291 g/mol. The van der Waals surface area contributed by atoms with Crippen LogP contribution in [0.1, 0.15) is 12.0 Å². The Balaban J connectivity index is 1.59. The number of nitrogens with zero attached hydrogens (tertiary/aromatic N) is 2. The fraction of sp³-hybridized carbons (Fsp3) is 0.625. The SMILES string of the molecule is COc1cc(N)ccc1CN1CCC(N2CCOCC2)C1. The number of nitrogen functional groups attached to an aromatic ring is 1. The molecule has 2 heterocycles. The molecule has 0 aromatic heterocycles. The highest BCUT2D eigenvalue weighted by atomic mass is 16.5. The summed E-state index contributed by atoms with van der Waals surface area (Å²) in [5.74, 6) is 0.893. The Kier molecular flexibility index (Phi) is 4.63. The zero-order chi connectivity index (χ0) is 14.7. The van der Waals surface area contributed by atoms with E-state index in [4.69, 9.17) is 15.2 Å². The fourth-order valence-corrected chi connectivity index (χ4v) is 3.33. The summed E-state index contributed by atoms with van der Waals surface area (Å²) in [6.45, 7) is 7.12. The first-order valence-electron chi connectivity index (χ1n) is 7.73. The summed E-state index contributed by atoms with van der Waals surface area (Å²) in [5.41, 5.74) is 7.79. The molecule has 0 radical (unpaired) electrons. The molecule has 5 nitrogen and oxygen atoms in total. The van der Waals surface area contributed by atoms with E-state index in [1.165, 1.54) is 12.0 Å². The molecule has 0 bridgehead atoms. The summed E-state index contributed by atoms with van der Waals surface area (Å²) < 4.78 is 10.9. The first-order valence-corrected chi connectivity index (χ1v) is 7.73. The lowest BCUT2D eigenvalue weighted by Gasteiger charge is -2.32. The van der Waals surface area contributed by atoms with E-state index in [0.29, 0.717) is 6.04 Å². The molecule has 1 aromatic rings. The zero-order valence-corrected chi connectivity index (χ0v) is 12.8. The molecule has 2 saturated heterocycles. The normalized spacial score (nSPS) is 24.3. The van der Waals surface area contributed by atoms with E-state index in [9.17, 15) is 0 Å². The zero-order valence-electron chi connectivity index (χ0n) is 12.8. The van der Waals surface area contributed by atoms with Gasteiger partial charge in [0, 0.05) is 56.1 Å². The van der Waals surface area contributed by atoms with Crippen LogP contribution in [0, 0.1) is 0 Å². The topological polar surface area (TPSA) is 51.0 Å². The molecule has 2 N–H and O–H groups in total. The first kappa shape index (κ1) is 14.6. The van der Waals surface area contributed by atoms with E-state index >= 15 is 0 Å². The average molecular weight is 291 g/mol. The number of hydrogen-bond acceptors (Lipinski definition) is 5. The molecule has 1 unspecified atom stereocenters. The predicted molar refractivity (Wildman–Crippen MR) is 83.5 cm³/mol. The Morgan fingerprint density at radius 1 is 1.29 bits per heavy atom. The van der Waals surface area contributed by atoms with Crippen molar-refractivity contribution in [3.63, 3.8) is 0 Å². The van der Waals surface area contributed by atoms with Gasteiger partial charge in [-0.1, -0.05) is 6.07 Å². The Labute approximate surface area is 126 Å². The third-order valence-electron chi connectivity index (χ3n) is 4.51. The Bertz CT molecular complexity index is 475. The van der Waals surface area contributed by atoms with Gasteiger partial charge in [-0.05, 0) is 12.5 Å². The van der Waals surface area contributed by atoms with Gasteiger partial charge >= 0.3 is 0 Å². The average Bonchev–Trinajstić information content (AvgIpc) is 2.98. The lowest BCUT2D eigenvalue weighted by Crippen LogP contribution is -2.44. The highest BCUT2D eigenvalue weighted by Crippen LogP contribution is 2.25. The van der Waals surface area contributed by atoms with Gasteiger partial charge in [-0.3, -0.25) is 9.80 Å². The smallest absolute Gasteiger partial charge is 0.125 e. The largest absolute Gasteiger partial charge is 0.496 e. The summed E-state index contributed by atoms with van der Waals surface area (Å²) in [7, 11) is 1.71. The van der Waals surface area contributed by atoms with Gasteiger partial charge in [0.15, 0.2) is 0 Å². The highest BCUT2D eigenvalue weighted by molar-refractivity contribution is 5.48. The summed E-state index contributed by atoms with van der Waals surface area (Å²) in [5, 5.41) is 0. The van der Waals surface area contributed by atoms with E-state index in [0.717, 1.165) is 57.4 Å². The molecule has 0 saturated carbocycles. The molecule has 21 heavy (non-hydrogen) atoms. The van der Waals surface area contributed by atoms with Gasteiger partial charge in [-0.25, -0.2) is 0 Å². The van der Waals surface area contributed by atoms with Crippen LogP contribution < -0.4 is 10.5 Å². The van der Waals surface area contributed by atoms with Gasteiger partial charge in [0.05, 0.1) is 20.3 Å². The molecule has 0 amide bonds. The summed E-state index contributed by atoms with van der Waals surface area (Å²) in [6, 6.07) is 6.61. The van der Waals surface area contributed by atoms with Crippen LogP contribution in [0.5, 0.6) is 5.75 Å². The first-order chi connectivity index (χ1) is 10.3. The minimum atomic E-state index is 0.675. The molecule has 2 fully saturated rings. The molecule has 0 spiro atoms. The summed E-state index contributed by atoms with van der Waals surface area (Å²) in [4.78, 5) is 5.08. The van der Waals surface area contributed by atoms with Crippen molar-refractivity contribution in [3.05, 3.63) is 23.8 Å². The van der Waals surface area contributed by atoms with Gasteiger partial charge in [-0.15, -0.1) is 0 Å². The second-order valence-corrected chi connectivity index (χ2v) is 5.90. The number of rotatable bonds is 4. The molecular formula is C16H25N3O2. The van der Waals surface area contributed by atoms with Crippen LogP contribution in [0.15, 0.2) is 18.2 Å². The van der Waals surface area contributed by atoms with Crippen molar-refractivity contribution in [1.29, 1.82) is 0 Å². The van der Waals surface area contributed by atoms with Gasteiger partial charge < -0.3 is 15.2 Å². The lowest BCUT2D eigenvalue weighted by atomic mass is 10.1. The number of methoxy groups -OCH3 is 1. The Morgan fingerprint density at radius 2 is 2.10 bits per heavy atom. The summed E-state index contributed by atoms with van der Waals surface area (Å²) >= 11 is 0. The number of hydrogen-bond donors (Lipinski definition) is 1. The third-order valence-corrected chi connectivity index (χ3v) is 4.51. The van der Waals surface area contributed by atoms with Crippen LogP contribution in [0.4, 0.5) is 5.69 Å². The van der Waals surface area contributed by atoms with Crippen molar-refractivity contribution in [2.45, 2.75) is 19.0 Å². The molecular weight excluding hydrogens is 266 g/mol. The highest BCUT2D eigenvalue weighted by Gasteiger charge is 2.28. The van der Waals surface area contributed by atoms with Crippen molar-refractivity contribution in [3.8, 4) is 5.75 Å². The fourth-order valence-electron chi connectivity index (χ4n) is 3.33. The molecule has 5 heteroatoms. The van der Waals surface area contributed by atoms with E-state index in [1.54, 1.807) is 7.11 Å². The molecule has 116 valence electrons. The standard InChI is InChI=1S/C16H25N3O2/c1-20-16-10-14(17)3-2-13(16)11-18-5-4-15(12-18)19-6-8-21-9-7-19/h2-3,10,15H,4-9,11-12,17H2,1H3. The van der Waals surface area contributed by atoms with Crippen molar-refractivity contribution in [2.75, 3.05) is 52.2 Å². The summed E-state index contributed by atoms with van der Waals surface area (Å²) in [6.07, 6.45) is 1.25. The van der Waals surface area contributed by atoms with Gasteiger partial charge in [0.1, 0.15) is 5.75 Å². The van der Waals surface area contributed by atoms with Crippen LogP contribution >= 0.6 is 0 Å². The van der Waals surface area contributed by atoms with Crippen molar-refractivity contribution < 1.29 is 9.47 Å². The maximum Gasteiger partial charge on any atom is 0.125 e. The maximum absolute atomic E-state index is 5.82. The maximum atomic E-state index is 5.82. The number of morpholine rings is 1. The molecule has 1 atom stereocenters. The molecule has 2 aliphatic heterocycles. The number of benzene rings is 1. The quantitative estimate of drug-likeness (QED) is 0.844. The predicted octanol–water partition coefficient (Wildman–Crippen LogP) is 1.18. The second-order valence-electron chi connectivity index (χ2n) is 5.90. The number of nitrogens with two attached hydrogens (primary N) is 1. The number of anilines is 1. The van der Waals surface area contributed by atoms with Crippen LogP contribution in [0.2, 0.25) is 0 Å².